The van der Waals surface area contributed by atoms with Gasteiger partial charge in [0.25, 0.3) is 0 Å². The van der Waals surface area contributed by atoms with Crippen LogP contribution < -0.4 is 10.1 Å². The zero-order valence-corrected chi connectivity index (χ0v) is 16.0. The summed E-state index contributed by atoms with van der Waals surface area (Å²) in [5.74, 6) is -1.26. The number of aryl methyl sites for hydroxylation is 1. The number of aromatic nitrogens is 2. The van der Waals surface area contributed by atoms with Crippen LogP contribution in [0.1, 0.15) is 35.9 Å². The van der Waals surface area contributed by atoms with E-state index in [2.05, 4.69) is 10.4 Å². The van der Waals surface area contributed by atoms with Gasteiger partial charge in [0.1, 0.15) is 0 Å². The van der Waals surface area contributed by atoms with Crippen molar-refractivity contribution in [3.8, 4) is 5.75 Å². The molecule has 158 valence electrons. The summed E-state index contributed by atoms with van der Waals surface area (Å²) in [6.07, 6.45) is -3.62. The van der Waals surface area contributed by atoms with Crippen molar-refractivity contribution in [3.63, 3.8) is 0 Å². The Morgan fingerprint density at radius 3 is 2.83 bits per heavy atom. The maximum atomic E-state index is 14.3. The monoisotopic (exact) mass is 421 g/mol. The van der Waals surface area contributed by atoms with Gasteiger partial charge in [-0.05, 0) is 42.5 Å². The Bertz CT molecular complexity index is 1140. The fraction of sp³-hybridized carbons (Fsp3) is 0.381. The molecule has 0 spiro atoms. The van der Waals surface area contributed by atoms with E-state index in [1.54, 1.807) is 36.1 Å². The Hall–Kier alpha value is -2.81. The van der Waals surface area contributed by atoms with Crippen molar-refractivity contribution in [3.05, 3.63) is 53.5 Å². The maximum Gasteiger partial charge on any atom is 0.419 e. The van der Waals surface area contributed by atoms with Crippen LogP contribution in [0.25, 0.3) is 10.9 Å². The molecule has 0 radical (unpaired) electrons. The van der Waals surface area contributed by atoms with Crippen LogP contribution in [0.4, 0.5) is 23.2 Å². The molecular formula is C21H19F4N3O2. The second kappa shape index (κ2) is 6.34. The first kappa shape index (κ1) is 19.2. The Morgan fingerprint density at radius 2 is 2.07 bits per heavy atom. The molecule has 1 aliphatic heterocycles. The van der Waals surface area contributed by atoms with Gasteiger partial charge < -0.3 is 15.2 Å². The van der Waals surface area contributed by atoms with Gasteiger partial charge in [0.15, 0.2) is 17.2 Å². The zero-order valence-electron chi connectivity index (χ0n) is 16.0. The van der Waals surface area contributed by atoms with Gasteiger partial charge in [0, 0.05) is 23.7 Å². The third-order valence-electron chi connectivity index (χ3n) is 6.23. The fourth-order valence-corrected chi connectivity index (χ4v) is 4.75. The number of hydrogen-bond acceptors (Lipinski definition) is 4. The highest BCUT2D eigenvalue weighted by Gasteiger charge is 2.63. The number of alkyl halides is 3. The van der Waals surface area contributed by atoms with Gasteiger partial charge in [0.2, 0.25) is 0 Å². The van der Waals surface area contributed by atoms with Crippen molar-refractivity contribution in [2.45, 2.75) is 36.6 Å². The quantitative estimate of drug-likeness (QED) is 0.601. The van der Waals surface area contributed by atoms with Gasteiger partial charge in [-0.3, -0.25) is 4.68 Å². The third kappa shape index (κ3) is 2.61. The van der Waals surface area contributed by atoms with Gasteiger partial charge in [-0.15, -0.1) is 0 Å². The predicted molar refractivity (Wildman–Crippen MR) is 102 cm³/mol. The summed E-state index contributed by atoms with van der Waals surface area (Å²) in [7, 11) is 1.73. The molecule has 5 rings (SSSR count). The van der Waals surface area contributed by atoms with E-state index in [4.69, 9.17) is 4.74 Å². The molecular weight excluding hydrogens is 402 g/mol. The smallest absolute Gasteiger partial charge is 0.419 e. The summed E-state index contributed by atoms with van der Waals surface area (Å²) in [5.41, 5.74) is -1.29. The highest BCUT2D eigenvalue weighted by atomic mass is 19.4. The number of hydrogen-bond donors (Lipinski definition) is 2. The van der Waals surface area contributed by atoms with E-state index in [9.17, 15) is 22.7 Å². The first-order valence-corrected chi connectivity index (χ1v) is 9.62. The number of rotatable bonds is 2. The molecule has 30 heavy (non-hydrogen) atoms. The van der Waals surface area contributed by atoms with E-state index < -0.39 is 36.0 Å². The van der Waals surface area contributed by atoms with Gasteiger partial charge >= 0.3 is 6.18 Å². The molecule has 0 saturated heterocycles. The number of nitrogens with zero attached hydrogens (tertiary/aromatic N) is 2. The molecule has 1 aromatic heterocycles. The first-order valence-electron chi connectivity index (χ1n) is 9.62. The lowest BCUT2D eigenvalue weighted by atomic mass is 9.68. The summed E-state index contributed by atoms with van der Waals surface area (Å²) in [6, 6.07) is 6.02. The highest BCUT2D eigenvalue weighted by Crippen LogP contribution is 2.56. The second-order valence-electron chi connectivity index (χ2n) is 7.92. The molecule has 5 nitrogen and oxygen atoms in total. The van der Waals surface area contributed by atoms with Crippen LogP contribution in [0.2, 0.25) is 0 Å². The molecule has 2 aromatic carbocycles. The minimum absolute atomic E-state index is 0.0145. The minimum Gasteiger partial charge on any atom is -0.490 e. The van der Waals surface area contributed by atoms with Crippen LogP contribution in [0.3, 0.4) is 0 Å². The molecule has 3 atom stereocenters. The van der Waals surface area contributed by atoms with Crippen molar-refractivity contribution in [1.82, 2.24) is 9.78 Å². The molecule has 3 aromatic rings. The summed E-state index contributed by atoms with van der Waals surface area (Å²) in [6.45, 7) is 0.110. The molecule has 2 aliphatic rings. The molecule has 0 fully saturated rings. The molecule has 2 N–H and O–H groups in total. The van der Waals surface area contributed by atoms with E-state index in [1.807, 2.05) is 0 Å². The molecule has 0 bridgehead atoms. The summed E-state index contributed by atoms with van der Waals surface area (Å²) < 4.78 is 64.0. The maximum absolute atomic E-state index is 14.3. The minimum atomic E-state index is -4.89. The van der Waals surface area contributed by atoms with E-state index in [1.165, 1.54) is 6.07 Å². The number of ether oxygens (including phenoxy) is 1. The fourth-order valence-electron chi connectivity index (χ4n) is 4.75. The zero-order chi connectivity index (χ0) is 21.3. The highest BCUT2D eigenvalue weighted by molar-refractivity contribution is 5.91. The van der Waals surface area contributed by atoms with Crippen LogP contribution >= 0.6 is 0 Å². The number of fused-ring (bicyclic) bond motifs is 1. The normalized spacial score (nSPS) is 25.7. The molecule has 0 amide bonds. The van der Waals surface area contributed by atoms with Crippen molar-refractivity contribution >= 4 is 16.6 Å². The second-order valence-corrected chi connectivity index (χ2v) is 7.92. The number of halogens is 4. The summed E-state index contributed by atoms with van der Waals surface area (Å²) >= 11 is 0. The molecule has 3 unspecified atom stereocenters. The Labute approximate surface area is 169 Å². The molecule has 2 heterocycles. The standard InChI is InChI=1S/C21H19F4N3O2/c1-28-16-4-2-3-15(13(16)10-26-28)27-19-12-5-6-14(22)18-17(12)11(7-8-30-18)9-20(19,29)21(23,24)25/h2-6,10-11,19,27,29H,7-9H2,1H3. The lowest BCUT2D eigenvalue weighted by Crippen LogP contribution is -2.56. The van der Waals surface area contributed by atoms with Crippen LogP contribution in [-0.4, -0.2) is 33.3 Å². The topological polar surface area (TPSA) is 59.3 Å². The molecule has 0 saturated carbocycles. The summed E-state index contributed by atoms with van der Waals surface area (Å²) in [4.78, 5) is 0. The van der Waals surface area contributed by atoms with Crippen molar-refractivity contribution < 1.29 is 27.4 Å². The summed E-state index contributed by atoms with van der Waals surface area (Å²) in [5, 5.41) is 18.7. The Balaban J connectivity index is 1.71. The first-order chi connectivity index (χ1) is 14.2. The van der Waals surface area contributed by atoms with Crippen molar-refractivity contribution in [1.29, 1.82) is 0 Å². The average molecular weight is 421 g/mol. The van der Waals surface area contributed by atoms with Crippen LogP contribution in [-0.2, 0) is 7.05 Å². The van der Waals surface area contributed by atoms with E-state index in [0.717, 1.165) is 11.6 Å². The van der Waals surface area contributed by atoms with Crippen LogP contribution in [0.5, 0.6) is 5.75 Å². The van der Waals surface area contributed by atoms with E-state index in [0.29, 0.717) is 16.6 Å². The largest absolute Gasteiger partial charge is 0.490 e. The van der Waals surface area contributed by atoms with E-state index in [-0.39, 0.29) is 24.3 Å². The molecule has 1 aliphatic carbocycles. The van der Waals surface area contributed by atoms with Gasteiger partial charge in [-0.2, -0.15) is 18.3 Å². The number of benzene rings is 2. The Kier molecular flexibility index (Phi) is 4.05. The molecule has 9 heteroatoms. The number of nitrogens with one attached hydrogen (secondary N) is 1. The Morgan fingerprint density at radius 1 is 1.27 bits per heavy atom. The van der Waals surface area contributed by atoms with Gasteiger partial charge in [-0.1, -0.05) is 12.1 Å². The lowest BCUT2D eigenvalue weighted by molar-refractivity contribution is -0.273. The third-order valence-corrected chi connectivity index (χ3v) is 6.23. The van der Waals surface area contributed by atoms with Gasteiger partial charge in [-0.25, -0.2) is 4.39 Å². The average Bonchev–Trinajstić information content (AvgIpc) is 3.08. The number of aliphatic hydroxyl groups is 1. The number of anilines is 1. The van der Waals surface area contributed by atoms with Crippen molar-refractivity contribution in [2.24, 2.45) is 7.05 Å². The lowest BCUT2D eigenvalue weighted by Gasteiger charge is -2.47. The van der Waals surface area contributed by atoms with Crippen LogP contribution in [0.15, 0.2) is 36.5 Å². The van der Waals surface area contributed by atoms with Gasteiger partial charge in [0.05, 0.1) is 24.4 Å². The van der Waals surface area contributed by atoms with Crippen molar-refractivity contribution in [2.75, 3.05) is 11.9 Å². The SMILES string of the molecule is Cn1ncc2c(NC3c4ccc(F)c5c4C(CCO5)CC3(O)C(F)(F)F)cccc21. The predicted octanol–water partition coefficient (Wildman–Crippen LogP) is 4.43. The van der Waals surface area contributed by atoms with E-state index >= 15 is 0 Å². The van der Waals surface area contributed by atoms with Crippen LogP contribution in [0, 0.1) is 5.82 Å².